The normalized spacial score (nSPS) is 23.3. The van der Waals surface area contributed by atoms with Gasteiger partial charge in [-0.25, -0.2) is 0 Å². The maximum Gasteiger partial charge on any atom is 0.203 e. The van der Waals surface area contributed by atoms with E-state index in [1.807, 2.05) is 31.2 Å². The first kappa shape index (κ1) is 15.5. The molecule has 0 radical (unpaired) electrons. The Morgan fingerprint density at radius 1 is 1.29 bits per heavy atom. The summed E-state index contributed by atoms with van der Waals surface area (Å²) in [4.78, 5) is 12.7. The number of hydrogen-bond acceptors (Lipinski definition) is 2. The second kappa shape index (κ2) is 5.85. The Bertz CT molecular complexity index is 614. The van der Waals surface area contributed by atoms with E-state index in [4.69, 9.17) is 0 Å². The average molecular weight is 281 g/mol. The second-order valence-corrected chi connectivity index (χ2v) is 6.68. The summed E-state index contributed by atoms with van der Waals surface area (Å²) >= 11 is 0. The van der Waals surface area contributed by atoms with Gasteiger partial charge in [0, 0.05) is 5.56 Å². The van der Waals surface area contributed by atoms with Gasteiger partial charge in [0.05, 0.1) is 5.57 Å². The molecule has 21 heavy (non-hydrogen) atoms. The van der Waals surface area contributed by atoms with E-state index >= 15 is 0 Å². The van der Waals surface area contributed by atoms with Gasteiger partial charge in [0.15, 0.2) is 0 Å². The molecule has 1 aromatic carbocycles. The molecule has 2 nitrogen and oxygen atoms in total. The van der Waals surface area contributed by atoms with Crippen molar-refractivity contribution in [3.8, 4) is 6.07 Å². The summed E-state index contributed by atoms with van der Waals surface area (Å²) in [5.41, 5.74) is 3.04. The highest BCUT2D eigenvalue weighted by molar-refractivity contribution is 6.11. The van der Waals surface area contributed by atoms with E-state index in [0.717, 1.165) is 30.4 Å². The van der Waals surface area contributed by atoms with Crippen LogP contribution in [0.15, 0.2) is 35.4 Å². The lowest BCUT2D eigenvalue weighted by atomic mass is 9.64. The van der Waals surface area contributed by atoms with Crippen LogP contribution < -0.4 is 0 Å². The maximum absolute atomic E-state index is 12.7. The SMILES string of the molecule is Cc1ccc(C(=O)/C(C#N)=C2/CCCC(C)C2(C)C)cc1. The van der Waals surface area contributed by atoms with Crippen molar-refractivity contribution in [3.05, 3.63) is 46.5 Å². The van der Waals surface area contributed by atoms with E-state index in [9.17, 15) is 10.1 Å². The molecule has 1 unspecified atom stereocenters. The van der Waals surface area contributed by atoms with Crippen molar-refractivity contribution in [2.75, 3.05) is 0 Å². The van der Waals surface area contributed by atoms with E-state index < -0.39 is 0 Å². The van der Waals surface area contributed by atoms with E-state index in [1.54, 1.807) is 0 Å². The lowest BCUT2D eigenvalue weighted by Crippen LogP contribution is -2.30. The van der Waals surface area contributed by atoms with Crippen LogP contribution in [-0.2, 0) is 0 Å². The quantitative estimate of drug-likeness (QED) is 0.442. The van der Waals surface area contributed by atoms with E-state index in [2.05, 4.69) is 26.8 Å². The number of benzene rings is 1. The van der Waals surface area contributed by atoms with Gasteiger partial charge in [0.1, 0.15) is 6.07 Å². The molecular formula is C19H23NO. The highest BCUT2D eigenvalue weighted by atomic mass is 16.1. The monoisotopic (exact) mass is 281 g/mol. The maximum atomic E-state index is 12.7. The Morgan fingerprint density at radius 2 is 1.90 bits per heavy atom. The molecule has 2 heteroatoms. The van der Waals surface area contributed by atoms with Crippen LogP contribution in [-0.4, -0.2) is 5.78 Å². The molecule has 1 aromatic rings. The van der Waals surface area contributed by atoms with Crippen LogP contribution in [0.2, 0.25) is 0 Å². The summed E-state index contributed by atoms with van der Waals surface area (Å²) in [5, 5.41) is 9.55. The number of nitriles is 1. The number of carbonyl (C=O) groups is 1. The minimum atomic E-state index is -0.130. The largest absolute Gasteiger partial charge is 0.288 e. The highest BCUT2D eigenvalue weighted by Gasteiger charge is 2.36. The zero-order valence-electron chi connectivity index (χ0n) is 13.4. The third-order valence-electron chi connectivity index (χ3n) is 5.03. The molecular weight excluding hydrogens is 258 g/mol. The molecule has 1 fully saturated rings. The molecule has 2 rings (SSSR count). The van der Waals surface area contributed by atoms with Gasteiger partial charge in [0.25, 0.3) is 0 Å². The van der Waals surface area contributed by atoms with Crippen LogP contribution in [0.25, 0.3) is 0 Å². The summed E-state index contributed by atoms with van der Waals surface area (Å²) in [6, 6.07) is 9.66. The second-order valence-electron chi connectivity index (χ2n) is 6.68. The summed E-state index contributed by atoms with van der Waals surface area (Å²) in [7, 11) is 0. The Balaban J connectivity index is 2.47. The van der Waals surface area contributed by atoms with Gasteiger partial charge < -0.3 is 0 Å². The van der Waals surface area contributed by atoms with Gasteiger partial charge in [-0.2, -0.15) is 5.26 Å². The van der Waals surface area contributed by atoms with E-state index in [0.29, 0.717) is 17.1 Å². The van der Waals surface area contributed by atoms with Crippen LogP contribution in [0.5, 0.6) is 0 Å². The number of aryl methyl sites for hydroxylation is 1. The molecule has 0 bridgehead atoms. The van der Waals surface area contributed by atoms with E-state index in [-0.39, 0.29) is 11.2 Å². The third kappa shape index (κ3) is 2.93. The van der Waals surface area contributed by atoms with Crippen molar-refractivity contribution >= 4 is 5.78 Å². The molecule has 1 atom stereocenters. The fourth-order valence-electron chi connectivity index (χ4n) is 3.12. The van der Waals surface area contributed by atoms with Gasteiger partial charge >= 0.3 is 0 Å². The number of nitrogens with zero attached hydrogens (tertiary/aromatic N) is 1. The molecule has 1 saturated carbocycles. The van der Waals surface area contributed by atoms with Crippen molar-refractivity contribution < 1.29 is 4.79 Å². The lowest BCUT2D eigenvalue weighted by molar-refractivity contribution is 0.103. The zero-order chi connectivity index (χ0) is 15.6. The first-order chi connectivity index (χ1) is 9.87. The fraction of sp³-hybridized carbons (Fsp3) is 0.474. The minimum Gasteiger partial charge on any atom is -0.288 e. The molecule has 0 heterocycles. The number of carbonyl (C=O) groups excluding carboxylic acids is 1. The molecule has 0 N–H and O–H groups in total. The molecule has 1 aliphatic rings. The van der Waals surface area contributed by atoms with Crippen molar-refractivity contribution in [2.24, 2.45) is 11.3 Å². The molecule has 1 aliphatic carbocycles. The van der Waals surface area contributed by atoms with Gasteiger partial charge in [-0.05, 0) is 43.1 Å². The average Bonchev–Trinajstić information content (AvgIpc) is 2.45. The van der Waals surface area contributed by atoms with Crippen molar-refractivity contribution in [3.63, 3.8) is 0 Å². The fourth-order valence-corrected chi connectivity index (χ4v) is 3.12. The van der Waals surface area contributed by atoms with Gasteiger partial charge in [0.2, 0.25) is 5.78 Å². The molecule has 110 valence electrons. The molecule has 0 amide bonds. The molecule has 0 spiro atoms. The van der Waals surface area contributed by atoms with Crippen LogP contribution in [0.3, 0.4) is 0 Å². The third-order valence-corrected chi connectivity index (χ3v) is 5.03. The molecule has 0 saturated heterocycles. The zero-order valence-corrected chi connectivity index (χ0v) is 13.4. The number of allylic oxidation sites excluding steroid dienone is 2. The smallest absolute Gasteiger partial charge is 0.203 e. The summed E-state index contributed by atoms with van der Waals surface area (Å²) < 4.78 is 0. The first-order valence-electron chi connectivity index (χ1n) is 7.63. The predicted octanol–water partition coefficient (Wildman–Crippen LogP) is 4.84. The Kier molecular flexibility index (Phi) is 4.32. The Hall–Kier alpha value is -1.88. The first-order valence-corrected chi connectivity index (χ1v) is 7.63. The standard InChI is InChI=1S/C19H23NO/c1-13-8-10-15(11-9-13)18(21)16(12-20)17-7-5-6-14(2)19(17,3)4/h8-11,14H,5-7H2,1-4H3/b17-16-. The Labute approximate surface area is 127 Å². The number of rotatable bonds is 2. The minimum absolute atomic E-state index is 0.0797. The lowest BCUT2D eigenvalue weighted by Gasteiger charge is -2.39. The Morgan fingerprint density at radius 3 is 2.48 bits per heavy atom. The summed E-state index contributed by atoms with van der Waals surface area (Å²) in [6.45, 7) is 8.52. The summed E-state index contributed by atoms with van der Waals surface area (Å²) in [5.74, 6) is 0.366. The molecule has 0 aromatic heterocycles. The van der Waals surface area contributed by atoms with Gasteiger partial charge in [-0.15, -0.1) is 0 Å². The van der Waals surface area contributed by atoms with E-state index in [1.165, 1.54) is 0 Å². The van der Waals surface area contributed by atoms with Gasteiger partial charge in [-0.1, -0.05) is 50.6 Å². The highest BCUT2D eigenvalue weighted by Crippen LogP contribution is 2.46. The topological polar surface area (TPSA) is 40.9 Å². The van der Waals surface area contributed by atoms with Crippen LogP contribution >= 0.6 is 0 Å². The summed E-state index contributed by atoms with van der Waals surface area (Å²) in [6.07, 6.45) is 3.08. The number of Topliss-reactive ketones (excluding diaryl/α,β-unsaturated/α-hetero) is 1. The van der Waals surface area contributed by atoms with Crippen molar-refractivity contribution in [1.29, 1.82) is 5.26 Å². The number of ketones is 1. The van der Waals surface area contributed by atoms with Crippen LogP contribution in [0, 0.1) is 29.6 Å². The van der Waals surface area contributed by atoms with Crippen molar-refractivity contribution in [2.45, 2.75) is 47.0 Å². The van der Waals surface area contributed by atoms with Gasteiger partial charge in [-0.3, -0.25) is 4.79 Å². The predicted molar refractivity (Wildman–Crippen MR) is 84.9 cm³/mol. The number of hydrogen-bond donors (Lipinski definition) is 0. The van der Waals surface area contributed by atoms with Crippen LogP contribution in [0.1, 0.15) is 56.0 Å². The molecule has 0 aliphatic heterocycles. The van der Waals surface area contributed by atoms with Crippen molar-refractivity contribution in [1.82, 2.24) is 0 Å². The van der Waals surface area contributed by atoms with Crippen LogP contribution in [0.4, 0.5) is 0 Å².